The lowest BCUT2D eigenvalue weighted by molar-refractivity contribution is -0.126. The summed E-state index contributed by atoms with van der Waals surface area (Å²) in [6, 6.07) is -1.10. The van der Waals surface area contributed by atoms with Gasteiger partial charge in [0.25, 0.3) is 0 Å². The van der Waals surface area contributed by atoms with Crippen molar-refractivity contribution in [3.05, 3.63) is 0 Å². The maximum atomic E-state index is 11.3. The molecule has 1 atom stereocenters. The lowest BCUT2D eigenvalue weighted by Crippen LogP contribution is -2.43. The maximum Gasteiger partial charge on any atom is 0.312 e. The molecule has 0 saturated heterocycles. The molecule has 17 heavy (non-hydrogen) atoms. The van der Waals surface area contributed by atoms with E-state index in [2.05, 4.69) is 16.0 Å². The summed E-state index contributed by atoms with van der Waals surface area (Å²) in [5.41, 5.74) is 4.89. The second-order valence-electron chi connectivity index (χ2n) is 3.69. The van der Waals surface area contributed by atoms with Gasteiger partial charge in [-0.05, 0) is 26.8 Å². The van der Waals surface area contributed by atoms with E-state index in [0.29, 0.717) is 19.4 Å². The summed E-state index contributed by atoms with van der Waals surface area (Å²) in [6.07, 6.45) is 1.05. The van der Waals surface area contributed by atoms with Crippen LogP contribution in [0.2, 0.25) is 0 Å². The predicted molar refractivity (Wildman–Crippen MR) is 63.4 cm³/mol. The summed E-state index contributed by atoms with van der Waals surface area (Å²) < 4.78 is 0. The number of urea groups is 1. The van der Waals surface area contributed by atoms with E-state index < -0.39 is 12.1 Å². The second kappa shape index (κ2) is 8.51. The molecular formula is C10H20N4O3. The first-order valence-corrected chi connectivity index (χ1v) is 5.45. The summed E-state index contributed by atoms with van der Waals surface area (Å²) in [5.74, 6) is -0.330. The molecular weight excluding hydrogens is 224 g/mol. The quantitative estimate of drug-likeness (QED) is 0.398. The van der Waals surface area contributed by atoms with Gasteiger partial charge in [0.15, 0.2) is 5.78 Å². The van der Waals surface area contributed by atoms with Crippen LogP contribution in [0, 0.1) is 0 Å². The smallest absolute Gasteiger partial charge is 0.312 e. The first-order valence-electron chi connectivity index (χ1n) is 5.45. The van der Waals surface area contributed by atoms with E-state index >= 15 is 0 Å². The second-order valence-corrected chi connectivity index (χ2v) is 3.69. The average molecular weight is 244 g/mol. The number of hydrogen-bond acceptors (Lipinski definition) is 4. The molecule has 0 aliphatic rings. The lowest BCUT2D eigenvalue weighted by Gasteiger charge is -2.15. The molecule has 0 aromatic heterocycles. The van der Waals surface area contributed by atoms with Crippen LogP contribution >= 0.6 is 0 Å². The van der Waals surface area contributed by atoms with Gasteiger partial charge >= 0.3 is 6.03 Å². The van der Waals surface area contributed by atoms with E-state index in [9.17, 15) is 14.4 Å². The zero-order chi connectivity index (χ0) is 13.3. The third-order valence-electron chi connectivity index (χ3n) is 2.13. The SMILES string of the molecule is CNCC(=O)N[C@@H](CCCNC(N)=O)C(C)=O. The minimum atomic E-state index is -0.594. The van der Waals surface area contributed by atoms with Crippen LogP contribution < -0.4 is 21.7 Å². The topological polar surface area (TPSA) is 113 Å². The first kappa shape index (κ1) is 15.4. The Bertz CT molecular complexity index is 281. The summed E-state index contributed by atoms with van der Waals surface area (Å²) in [7, 11) is 1.65. The molecule has 0 spiro atoms. The van der Waals surface area contributed by atoms with Gasteiger partial charge in [0, 0.05) is 6.54 Å². The highest BCUT2D eigenvalue weighted by Crippen LogP contribution is 1.98. The first-order chi connectivity index (χ1) is 7.97. The van der Waals surface area contributed by atoms with Crippen molar-refractivity contribution in [3.63, 3.8) is 0 Å². The molecule has 0 aromatic carbocycles. The largest absolute Gasteiger partial charge is 0.352 e. The number of hydrogen-bond donors (Lipinski definition) is 4. The molecule has 0 unspecified atom stereocenters. The van der Waals surface area contributed by atoms with Crippen LogP contribution in [0.4, 0.5) is 4.79 Å². The fraction of sp³-hybridized carbons (Fsp3) is 0.700. The van der Waals surface area contributed by atoms with E-state index in [1.807, 2.05) is 0 Å². The highest BCUT2D eigenvalue weighted by Gasteiger charge is 2.15. The van der Waals surface area contributed by atoms with Crippen LogP contribution in [-0.2, 0) is 9.59 Å². The number of nitrogens with two attached hydrogens (primary N) is 1. The Morgan fingerprint density at radius 3 is 2.41 bits per heavy atom. The third kappa shape index (κ3) is 8.21. The highest BCUT2D eigenvalue weighted by molar-refractivity contribution is 5.88. The Kier molecular flexibility index (Phi) is 7.70. The molecule has 3 amide bonds. The van der Waals surface area contributed by atoms with Crippen molar-refractivity contribution in [3.8, 4) is 0 Å². The van der Waals surface area contributed by atoms with Gasteiger partial charge in [-0.15, -0.1) is 0 Å². The predicted octanol–water partition coefficient (Wildman–Crippen LogP) is -1.27. The van der Waals surface area contributed by atoms with Crippen LogP contribution in [0.25, 0.3) is 0 Å². The molecule has 0 radical (unpaired) electrons. The Labute approximate surface area is 100 Å². The molecule has 5 N–H and O–H groups in total. The fourth-order valence-corrected chi connectivity index (χ4v) is 1.30. The van der Waals surface area contributed by atoms with Crippen molar-refractivity contribution in [1.29, 1.82) is 0 Å². The number of carbonyl (C=O) groups excluding carboxylic acids is 3. The molecule has 0 heterocycles. The van der Waals surface area contributed by atoms with Crippen molar-refractivity contribution in [1.82, 2.24) is 16.0 Å². The Balaban J connectivity index is 3.95. The summed E-state index contributed by atoms with van der Waals surface area (Å²) >= 11 is 0. The number of rotatable bonds is 8. The van der Waals surface area contributed by atoms with Crippen molar-refractivity contribution in [2.75, 3.05) is 20.1 Å². The number of amides is 3. The minimum absolute atomic E-state index is 0.103. The van der Waals surface area contributed by atoms with Crippen molar-refractivity contribution in [2.24, 2.45) is 5.73 Å². The molecule has 98 valence electrons. The van der Waals surface area contributed by atoms with E-state index in [-0.39, 0.29) is 18.2 Å². The molecule has 0 aromatic rings. The standard InChI is InChI=1S/C10H20N4O3/c1-7(15)8(14-9(16)6-12-2)4-3-5-13-10(11)17/h8,12H,3-6H2,1-2H3,(H,14,16)(H3,11,13,17)/t8-/m0/s1. The van der Waals surface area contributed by atoms with Crippen molar-refractivity contribution >= 4 is 17.7 Å². The van der Waals surface area contributed by atoms with Crippen LogP contribution in [0.5, 0.6) is 0 Å². The number of ketones is 1. The molecule has 0 rings (SSSR count). The number of primary amides is 1. The van der Waals surface area contributed by atoms with Gasteiger partial charge in [-0.25, -0.2) is 4.79 Å². The van der Waals surface area contributed by atoms with Crippen LogP contribution in [0.3, 0.4) is 0 Å². The van der Waals surface area contributed by atoms with Crippen LogP contribution in [0.1, 0.15) is 19.8 Å². The maximum absolute atomic E-state index is 11.3. The van der Waals surface area contributed by atoms with Gasteiger partial charge in [-0.3, -0.25) is 9.59 Å². The lowest BCUT2D eigenvalue weighted by atomic mass is 10.1. The third-order valence-corrected chi connectivity index (χ3v) is 2.13. The molecule has 7 heteroatoms. The van der Waals surface area contributed by atoms with Gasteiger partial charge in [-0.1, -0.05) is 0 Å². The summed E-state index contributed by atoms with van der Waals surface area (Å²) in [6.45, 7) is 1.98. The molecule has 0 fully saturated rings. The Hall–Kier alpha value is -1.63. The van der Waals surface area contributed by atoms with E-state index in [4.69, 9.17) is 5.73 Å². The minimum Gasteiger partial charge on any atom is -0.352 e. The summed E-state index contributed by atoms with van der Waals surface area (Å²) in [5, 5.41) is 7.73. The Morgan fingerprint density at radius 2 is 1.94 bits per heavy atom. The molecule has 0 aliphatic heterocycles. The molecule has 0 bridgehead atoms. The van der Waals surface area contributed by atoms with Crippen LogP contribution in [0.15, 0.2) is 0 Å². The highest BCUT2D eigenvalue weighted by atomic mass is 16.2. The van der Waals surface area contributed by atoms with E-state index in [1.165, 1.54) is 6.92 Å². The van der Waals surface area contributed by atoms with Gasteiger partial charge < -0.3 is 21.7 Å². The van der Waals surface area contributed by atoms with Gasteiger partial charge in [-0.2, -0.15) is 0 Å². The number of Topliss-reactive ketones (excluding diaryl/α,β-unsaturated/α-hetero) is 1. The fourth-order valence-electron chi connectivity index (χ4n) is 1.30. The monoisotopic (exact) mass is 244 g/mol. The Morgan fingerprint density at radius 1 is 1.29 bits per heavy atom. The van der Waals surface area contributed by atoms with Gasteiger partial charge in [0.1, 0.15) is 0 Å². The van der Waals surface area contributed by atoms with Gasteiger partial charge in [0.2, 0.25) is 5.91 Å². The van der Waals surface area contributed by atoms with E-state index in [1.54, 1.807) is 7.05 Å². The normalized spacial score (nSPS) is 11.6. The van der Waals surface area contributed by atoms with Gasteiger partial charge in [0.05, 0.1) is 12.6 Å². The average Bonchev–Trinajstić information content (AvgIpc) is 2.22. The number of likely N-dealkylation sites (N-methyl/N-ethyl adjacent to an activating group) is 1. The molecule has 0 saturated carbocycles. The number of nitrogens with one attached hydrogen (secondary N) is 3. The van der Waals surface area contributed by atoms with Crippen molar-refractivity contribution < 1.29 is 14.4 Å². The molecule has 7 nitrogen and oxygen atoms in total. The van der Waals surface area contributed by atoms with E-state index in [0.717, 1.165) is 0 Å². The zero-order valence-electron chi connectivity index (χ0n) is 10.2. The number of carbonyl (C=O) groups is 3. The van der Waals surface area contributed by atoms with Crippen LogP contribution in [-0.4, -0.2) is 43.9 Å². The molecule has 0 aliphatic carbocycles. The zero-order valence-corrected chi connectivity index (χ0v) is 10.2. The van der Waals surface area contributed by atoms with Crippen molar-refractivity contribution in [2.45, 2.75) is 25.8 Å². The summed E-state index contributed by atoms with van der Waals surface area (Å²) in [4.78, 5) is 33.0.